The monoisotopic (exact) mass is 356 g/mol. The zero-order valence-electron chi connectivity index (χ0n) is 15.1. The Balaban J connectivity index is 1.78. The van der Waals surface area contributed by atoms with Gasteiger partial charge in [0.05, 0.1) is 11.5 Å². The third-order valence-corrected chi connectivity index (χ3v) is 3.96. The third kappa shape index (κ3) is 5.92. The smallest absolute Gasteiger partial charge is 0.338 e. The molecule has 0 aliphatic rings. The van der Waals surface area contributed by atoms with Gasteiger partial charge in [-0.3, -0.25) is 4.79 Å². The van der Waals surface area contributed by atoms with Crippen molar-refractivity contribution in [1.29, 1.82) is 0 Å². The highest BCUT2D eigenvalue weighted by Crippen LogP contribution is 2.17. The Hall–Kier alpha value is -2.82. The lowest BCUT2D eigenvalue weighted by molar-refractivity contribution is -0.139. The normalized spacial score (nSPS) is 10.4. The summed E-state index contributed by atoms with van der Waals surface area (Å²) in [6.07, 6.45) is 1.48. The van der Waals surface area contributed by atoms with Gasteiger partial charge in [-0.15, -0.1) is 0 Å². The summed E-state index contributed by atoms with van der Waals surface area (Å²) in [5.41, 5.74) is 0.395. The van der Waals surface area contributed by atoms with E-state index >= 15 is 0 Å². The van der Waals surface area contributed by atoms with E-state index in [1.807, 2.05) is 44.2 Å². The average Bonchev–Trinajstić information content (AvgIpc) is 2.67. The van der Waals surface area contributed by atoms with Gasteiger partial charge in [-0.25, -0.2) is 4.79 Å². The van der Waals surface area contributed by atoms with Crippen LogP contribution < -0.4 is 9.47 Å². The molecule has 0 unspecified atom stereocenters. The molecule has 0 fully saturated rings. The molecule has 0 radical (unpaired) electrons. The third-order valence-electron chi connectivity index (χ3n) is 3.96. The van der Waals surface area contributed by atoms with Gasteiger partial charge in [0.1, 0.15) is 24.7 Å². The largest absolute Gasteiger partial charge is 0.490 e. The molecule has 0 amide bonds. The molecule has 0 spiro atoms. The second-order valence-corrected chi connectivity index (χ2v) is 5.76. The first-order valence-corrected chi connectivity index (χ1v) is 8.80. The molecule has 2 rings (SSSR count). The first-order valence-electron chi connectivity index (χ1n) is 8.80. The van der Waals surface area contributed by atoms with Gasteiger partial charge in [0, 0.05) is 0 Å². The van der Waals surface area contributed by atoms with E-state index in [4.69, 9.17) is 14.2 Å². The SMILES string of the molecule is CCC(CC)C(=O)Oc1ccc(C(=O)OCCOc2ccccc2)cc1. The van der Waals surface area contributed by atoms with Crippen LogP contribution in [0, 0.1) is 5.92 Å². The van der Waals surface area contributed by atoms with Gasteiger partial charge >= 0.3 is 11.9 Å². The maximum atomic E-state index is 12.0. The molecule has 0 aliphatic heterocycles. The van der Waals surface area contributed by atoms with Crippen LogP contribution in [0.3, 0.4) is 0 Å². The van der Waals surface area contributed by atoms with Crippen molar-refractivity contribution in [3.05, 3.63) is 60.2 Å². The van der Waals surface area contributed by atoms with E-state index < -0.39 is 5.97 Å². The number of ether oxygens (including phenoxy) is 3. The Kier molecular flexibility index (Phi) is 7.68. The van der Waals surface area contributed by atoms with E-state index in [2.05, 4.69) is 0 Å². The van der Waals surface area contributed by atoms with Gasteiger partial charge in [0.2, 0.25) is 0 Å². The fraction of sp³-hybridized carbons (Fsp3) is 0.333. The average molecular weight is 356 g/mol. The molecule has 0 saturated carbocycles. The molecule has 0 saturated heterocycles. The maximum absolute atomic E-state index is 12.0. The summed E-state index contributed by atoms with van der Waals surface area (Å²) >= 11 is 0. The molecule has 5 heteroatoms. The lowest BCUT2D eigenvalue weighted by Crippen LogP contribution is -2.19. The summed E-state index contributed by atoms with van der Waals surface area (Å²) in [7, 11) is 0. The van der Waals surface area contributed by atoms with Gasteiger partial charge < -0.3 is 14.2 Å². The Morgan fingerprint density at radius 2 is 1.50 bits per heavy atom. The van der Waals surface area contributed by atoms with Crippen LogP contribution in [0.1, 0.15) is 37.0 Å². The minimum atomic E-state index is -0.445. The van der Waals surface area contributed by atoms with Crippen LogP contribution in [0.4, 0.5) is 0 Å². The van der Waals surface area contributed by atoms with Gasteiger partial charge in [-0.1, -0.05) is 32.0 Å². The number of para-hydroxylation sites is 1. The van der Waals surface area contributed by atoms with Gasteiger partial charge in [-0.2, -0.15) is 0 Å². The first-order chi connectivity index (χ1) is 12.6. The van der Waals surface area contributed by atoms with Gasteiger partial charge in [0.25, 0.3) is 0 Å². The Labute approximate surface area is 153 Å². The summed E-state index contributed by atoms with van der Waals surface area (Å²) in [5.74, 6) is 0.352. The molecule has 0 aromatic heterocycles. The van der Waals surface area contributed by atoms with Crippen LogP contribution in [-0.4, -0.2) is 25.2 Å². The predicted molar refractivity (Wildman–Crippen MR) is 98.4 cm³/mol. The molecule has 0 bridgehead atoms. The number of hydrogen-bond acceptors (Lipinski definition) is 5. The molecular formula is C21H24O5. The summed E-state index contributed by atoms with van der Waals surface area (Å²) in [6, 6.07) is 15.7. The van der Waals surface area contributed by atoms with E-state index in [-0.39, 0.29) is 25.1 Å². The van der Waals surface area contributed by atoms with Crippen LogP contribution in [0.5, 0.6) is 11.5 Å². The van der Waals surface area contributed by atoms with Crippen molar-refractivity contribution < 1.29 is 23.8 Å². The van der Waals surface area contributed by atoms with E-state index in [9.17, 15) is 9.59 Å². The molecule has 0 heterocycles. The molecule has 0 aliphatic carbocycles. The van der Waals surface area contributed by atoms with Crippen molar-refractivity contribution in [2.45, 2.75) is 26.7 Å². The lowest BCUT2D eigenvalue weighted by Gasteiger charge is -2.12. The van der Waals surface area contributed by atoms with Crippen LogP contribution in [0.2, 0.25) is 0 Å². The second kappa shape index (κ2) is 10.2. The predicted octanol–water partition coefficient (Wildman–Crippen LogP) is 4.26. The number of hydrogen-bond donors (Lipinski definition) is 0. The van der Waals surface area contributed by atoms with Crippen molar-refractivity contribution in [3.63, 3.8) is 0 Å². The maximum Gasteiger partial charge on any atom is 0.338 e. The second-order valence-electron chi connectivity index (χ2n) is 5.76. The summed E-state index contributed by atoms with van der Waals surface area (Å²) in [5, 5.41) is 0. The van der Waals surface area contributed by atoms with E-state index in [1.165, 1.54) is 0 Å². The van der Waals surface area contributed by atoms with E-state index in [1.54, 1.807) is 24.3 Å². The van der Waals surface area contributed by atoms with Crippen molar-refractivity contribution in [2.24, 2.45) is 5.92 Å². The fourth-order valence-electron chi connectivity index (χ4n) is 2.37. The number of carbonyl (C=O) groups is 2. The lowest BCUT2D eigenvalue weighted by atomic mass is 10.0. The zero-order chi connectivity index (χ0) is 18.8. The number of esters is 2. The molecule has 0 N–H and O–H groups in total. The van der Waals surface area contributed by atoms with Gasteiger partial charge in [0.15, 0.2) is 0 Å². The molecule has 0 atom stereocenters. The van der Waals surface area contributed by atoms with Crippen molar-refractivity contribution in [2.75, 3.05) is 13.2 Å². The molecule has 138 valence electrons. The first kappa shape index (κ1) is 19.5. The minimum absolute atomic E-state index is 0.107. The highest BCUT2D eigenvalue weighted by molar-refractivity contribution is 5.89. The van der Waals surface area contributed by atoms with Crippen molar-refractivity contribution >= 4 is 11.9 Å². The number of rotatable bonds is 9. The van der Waals surface area contributed by atoms with E-state index in [0.717, 1.165) is 18.6 Å². The molecule has 26 heavy (non-hydrogen) atoms. The quantitative estimate of drug-likeness (QED) is 0.381. The zero-order valence-corrected chi connectivity index (χ0v) is 15.1. The fourth-order valence-corrected chi connectivity index (χ4v) is 2.37. The van der Waals surface area contributed by atoms with Gasteiger partial charge in [-0.05, 0) is 49.2 Å². The minimum Gasteiger partial charge on any atom is -0.490 e. The van der Waals surface area contributed by atoms with Crippen LogP contribution in [-0.2, 0) is 9.53 Å². The van der Waals surface area contributed by atoms with Crippen LogP contribution in [0.15, 0.2) is 54.6 Å². The topological polar surface area (TPSA) is 61.8 Å². The van der Waals surface area contributed by atoms with E-state index in [0.29, 0.717) is 11.3 Å². The highest BCUT2D eigenvalue weighted by Gasteiger charge is 2.16. The van der Waals surface area contributed by atoms with Crippen molar-refractivity contribution in [3.8, 4) is 11.5 Å². The molecule has 5 nitrogen and oxygen atoms in total. The van der Waals surface area contributed by atoms with Crippen LogP contribution in [0.25, 0.3) is 0 Å². The molecular weight excluding hydrogens is 332 g/mol. The van der Waals surface area contributed by atoms with Crippen molar-refractivity contribution in [1.82, 2.24) is 0 Å². The molecule has 2 aromatic rings. The number of carbonyl (C=O) groups excluding carboxylic acids is 2. The number of benzene rings is 2. The summed E-state index contributed by atoms with van der Waals surface area (Å²) in [4.78, 5) is 24.0. The summed E-state index contributed by atoms with van der Waals surface area (Å²) in [6.45, 7) is 4.34. The van der Waals surface area contributed by atoms with Crippen LogP contribution >= 0.6 is 0 Å². The highest BCUT2D eigenvalue weighted by atomic mass is 16.6. The standard InChI is InChI=1S/C21H24O5/c1-3-16(4-2)21(23)26-19-12-10-17(11-13-19)20(22)25-15-14-24-18-8-6-5-7-9-18/h5-13,16H,3-4,14-15H2,1-2H3. The Bertz CT molecular complexity index is 690. The molecule has 2 aromatic carbocycles. The summed E-state index contributed by atoms with van der Waals surface area (Å²) < 4.78 is 16.0. The Morgan fingerprint density at radius 3 is 2.12 bits per heavy atom. The Morgan fingerprint density at radius 1 is 0.846 bits per heavy atom.